The summed E-state index contributed by atoms with van der Waals surface area (Å²) in [6, 6.07) is 0. The van der Waals surface area contributed by atoms with Crippen molar-refractivity contribution in [3.8, 4) is 0 Å². The van der Waals surface area contributed by atoms with Crippen LogP contribution in [0.4, 0.5) is 0 Å². The molecule has 0 radical (unpaired) electrons. The fourth-order valence-electron chi connectivity index (χ4n) is 3.55. The maximum absolute atomic E-state index is 11.3. The molecular formula is C18H29IO6. The van der Waals surface area contributed by atoms with E-state index in [2.05, 4.69) is 22.6 Å². The summed E-state index contributed by atoms with van der Waals surface area (Å²) in [5.41, 5.74) is 0. The van der Waals surface area contributed by atoms with Crippen molar-refractivity contribution in [3.63, 3.8) is 0 Å². The Bertz CT molecular complexity index is 457. The lowest BCUT2D eigenvalue weighted by Gasteiger charge is -2.19. The Hall–Kier alpha value is -0.410. The number of aliphatic hydroxyl groups is 1. The molecule has 2 aliphatic carbocycles. The number of esters is 2. The molecule has 1 N–H and O–H groups in total. The molecule has 0 amide bonds. The largest absolute Gasteiger partial charge is 0.466 e. The lowest BCUT2D eigenvalue weighted by Crippen LogP contribution is -2.23. The molecule has 6 atom stereocenters. The Kier molecular flexibility index (Phi) is 8.41. The van der Waals surface area contributed by atoms with Gasteiger partial charge in [-0.05, 0) is 52.4 Å². The van der Waals surface area contributed by atoms with Gasteiger partial charge in [0.05, 0.1) is 30.7 Å². The summed E-state index contributed by atoms with van der Waals surface area (Å²) in [5, 5.41) is 7.57. The van der Waals surface area contributed by atoms with Gasteiger partial charge in [0.2, 0.25) is 0 Å². The zero-order valence-electron chi connectivity index (χ0n) is 15.0. The molecule has 4 rings (SSSR count). The van der Waals surface area contributed by atoms with E-state index in [-0.39, 0.29) is 36.5 Å². The number of carbonyl (C=O) groups is 2. The van der Waals surface area contributed by atoms with Crippen LogP contribution in [0.15, 0.2) is 0 Å². The summed E-state index contributed by atoms with van der Waals surface area (Å²) in [5.74, 6) is 0.361. The molecule has 2 saturated heterocycles. The minimum Gasteiger partial charge on any atom is -0.466 e. The normalized spacial score (nSPS) is 37.4. The molecule has 7 heteroatoms. The van der Waals surface area contributed by atoms with Crippen LogP contribution < -0.4 is 0 Å². The zero-order valence-corrected chi connectivity index (χ0v) is 17.1. The minimum atomic E-state index is -0.0357. The quantitative estimate of drug-likeness (QED) is 0.290. The molecule has 0 aromatic rings. The number of ether oxygens (including phenoxy) is 3. The van der Waals surface area contributed by atoms with E-state index in [1.165, 1.54) is 0 Å². The van der Waals surface area contributed by atoms with Crippen LogP contribution in [-0.4, -0.2) is 52.5 Å². The highest BCUT2D eigenvalue weighted by molar-refractivity contribution is 14.1. The van der Waals surface area contributed by atoms with E-state index in [1.807, 2.05) is 6.92 Å². The van der Waals surface area contributed by atoms with Crippen LogP contribution in [0.5, 0.6) is 0 Å². The number of hydrogen-bond acceptors (Lipinski definition) is 6. The van der Waals surface area contributed by atoms with Gasteiger partial charge in [-0.15, -0.1) is 0 Å². The van der Waals surface area contributed by atoms with Crippen molar-refractivity contribution in [3.05, 3.63) is 0 Å². The van der Waals surface area contributed by atoms with E-state index in [4.69, 9.17) is 19.3 Å². The highest BCUT2D eigenvalue weighted by Crippen LogP contribution is 2.40. The van der Waals surface area contributed by atoms with Crippen molar-refractivity contribution in [2.75, 3.05) is 13.2 Å². The molecule has 0 aromatic heterocycles. The third kappa shape index (κ3) is 6.06. The average Bonchev–Trinajstić information content (AvgIpc) is 3.30. The number of rotatable bonds is 2. The van der Waals surface area contributed by atoms with E-state index >= 15 is 0 Å². The van der Waals surface area contributed by atoms with Crippen LogP contribution >= 0.6 is 22.6 Å². The predicted molar refractivity (Wildman–Crippen MR) is 100 cm³/mol. The highest BCUT2D eigenvalue weighted by atomic mass is 127. The van der Waals surface area contributed by atoms with Crippen LogP contribution in [0, 0.1) is 11.8 Å². The lowest BCUT2D eigenvalue weighted by atomic mass is 9.89. The second-order valence-electron chi connectivity index (χ2n) is 6.79. The van der Waals surface area contributed by atoms with E-state index in [0.717, 1.165) is 38.5 Å². The van der Waals surface area contributed by atoms with Gasteiger partial charge in [-0.2, -0.15) is 0 Å². The Labute approximate surface area is 163 Å². The average molecular weight is 468 g/mol. The first kappa shape index (κ1) is 20.9. The molecule has 144 valence electrons. The smallest absolute Gasteiger partial charge is 0.309 e. The highest BCUT2D eigenvalue weighted by Gasteiger charge is 2.46. The summed E-state index contributed by atoms with van der Waals surface area (Å²) in [4.78, 5) is 22.3. The first-order chi connectivity index (χ1) is 12.0. The number of aliphatic hydroxyl groups excluding tert-OH is 1. The summed E-state index contributed by atoms with van der Waals surface area (Å²) in [6.07, 6.45) is 7.12. The maximum atomic E-state index is 11.3. The lowest BCUT2D eigenvalue weighted by molar-refractivity contribution is -0.149. The van der Waals surface area contributed by atoms with Gasteiger partial charge < -0.3 is 19.3 Å². The number of epoxide rings is 1. The Morgan fingerprint density at radius 1 is 1.16 bits per heavy atom. The predicted octanol–water partition coefficient (Wildman–Crippen LogP) is 2.63. The molecule has 4 fully saturated rings. The minimum absolute atomic E-state index is 0.0357. The van der Waals surface area contributed by atoms with Gasteiger partial charge in [0.25, 0.3) is 0 Å². The molecule has 0 spiro atoms. The van der Waals surface area contributed by atoms with Crippen molar-refractivity contribution in [2.24, 2.45) is 11.8 Å². The fraction of sp³-hybridized carbons (Fsp3) is 0.889. The third-order valence-electron chi connectivity index (χ3n) is 4.94. The molecule has 2 aliphatic heterocycles. The fourth-order valence-corrected chi connectivity index (χ4v) is 4.35. The van der Waals surface area contributed by atoms with Gasteiger partial charge in [0.1, 0.15) is 6.10 Å². The van der Waals surface area contributed by atoms with Crippen LogP contribution in [0.2, 0.25) is 0 Å². The van der Waals surface area contributed by atoms with Gasteiger partial charge in [-0.3, -0.25) is 9.59 Å². The first-order valence-corrected chi connectivity index (χ1v) is 10.5. The Balaban J connectivity index is 0.000000158. The Morgan fingerprint density at radius 3 is 2.48 bits per heavy atom. The summed E-state index contributed by atoms with van der Waals surface area (Å²) in [6.45, 7) is 4.27. The van der Waals surface area contributed by atoms with E-state index in [1.54, 1.807) is 6.92 Å². The van der Waals surface area contributed by atoms with Crippen molar-refractivity contribution in [2.45, 2.75) is 74.6 Å². The molecule has 2 saturated carbocycles. The molecule has 0 unspecified atom stereocenters. The van der Waals surface area contributed by atoms with E-state index in [0.29, 0.717) is 22.7 Å². The van der Waals surface area contributed by atoms with Gasteiger partial charge in [0.15, 0.2) is 0 Å². The number of alkyl halides is 1. The molecule has 4 aliphatic rings. The summed E-state index contributed by atoms with van der Waals surface area (Å²) >= 11 is 2.38. The van der Waals surface area contributed by atoms with Crippen molar-refractivity contribution in [1.82, 2.24) is 0 Å². The van der Waals surface area contributed by atoms with Gasteiger partial charge in [-0.1, -0.05) is 22.6 Å². The van der Waals surface area contributed by atoms with Gasteiger partial charge >= 0.3 is 11.9 Å². The van der Waals surface area contributed by atoms with Crippen molar-refractivity contribution in [1.29, 1.82) is 0 Å². The zero-order chi connectivity index (χ0) is 18.4. The number of halogens is 1. The number of fused-ring (bicyclic) bond motifs is 3. The van der Waals surface area contributed by atoms with Crippen LogP contribution in [0.1, 0.15) is 52.4 Å². The number of carbonyl (C=O) groups excluding carboxylic acids is 2. The van der Waals surface area contributed by atoms with Gasteiger partial charge in [0, 0.05) is 10.5 Å². The van der Waals surface area contributed by atoms with Gasteiger partial charge in [-0.25, -0.2) is 0 Å². The second-order valence-corrected chi connectivity index (χ2v) is 8.39. The van der Waals surface area contributed by atoms with E-state index < -0.39 is 0 Å². The standard InChI is InChI=1S/C9H14O3.C7H9IO2.C2H6O/c1-2-11-9(10)6-3-4-7-8(5-6)12-7;8-5-2-1-4-3-6(5)10-7(4)9;1-2-3/h6-8H,2-5H2,1H3;4-6H,1-3H2;3H,2H2,1H3/t6-,7+,8-;4-,5-,6-;/m11./s1. The molecule has 25 heavy (non-hydrogen) atoms. The number of hydrogen-bond donors (Lipinski definition) is 1. The van der Waals surface area contributed by atoms with Crippen LogP contribution in [-0.2, 0) is 23.8 Å². The van der Waals surface area contributed by atoms with Crippen molar-refractivity contribution < 1.29 is 28.9 Å². The summed E-state index contributed by atoms with van der Waals surface area (Å²) < 4.78 is 16.0. The topological polar surface area (TPSA) is 85.4 Å². The van der Waals surface area contributed by atoms with Crippen molar-refractivity contribution >= 4 is 34.5 Å². The summed E-state index contributed by atoms with van der Waals surface area (Å²) in [7, 11) is 0. The first-order valence-electron chi connectivity index (χ1n) is 9.27. The molecule has 0 aromatic carbocycles. The monoisotopic (exact) mass is 468 g/mol. The second kappa shape index (κ2) is 10.1. The molecule has 6 nitrogen and oxygen atoms in total. The Morgan fingerprint density at radius 2 is 1.88 bits per heavy atom. The SMILES string of the molecule is CCO.CCOC(=O)[C@@H]1CC[C@@H]2O[C@@H]2C1.O=C1O[C@@H]2C[C@H]1CC[C@H]2I. The molecule has 2 heterocycles. The molecule has 2 bridgehead atoms. The third-order valence-corrected chi connectivity index (χ3v) is 6.36. The van der Waals surface area contributed by atoms with E-state index in [9.17, 15) is 9.59 Å². The molecular weight excluding hydrogens is 439 g/mol. The maximum Gasteiger partial charge on any atom is 0.309 e. The van der Waals surface area contributed by atoms with Crippen LogP contribution in [0.3, 0.4) is 0 Å². The van der Waals surface area contributed by atoms with Crippen LogP contribution in [0.25, 0.3) is 0 Å².